The van der Waals surface area contributed by atoms with Gasteiger partial charge >= 0.3 is 0 Å². The van der Waals surface area contributed by atoms with Gasteiger partial charge in [-0.1, -0.05) is 12.5 Å². The average molecular weight is 287 g/mol. The van der Waals surface area contributed by atoms with Crippen molar-refractivity contribution in [1.29, 1.82) is 0 Å². The third-order valence-electron chi connectivity index (χ3n) is 4.79. The second kappa shape index (κ2) is 6.48. The zero-order valence-electron chi connectivity index (χ0n) is 12.6. The van der Waals surface area contributed by atoms with Crippen LogP contribution in [0.2, 0.25) is 0 Å². The lowest BCUT2D eigenvalue weighted by Crippen LogP contribution is -2.48. The monoisotopic (exact) mass is 287 g/mol. The lowest BCUT2D eigenvalue weighted by atomic mass is 9.99. The van der Waals surface area contributed by atoms with Gasteiger partial charge in [-0.2, -0.15) is 0 Å². The van der Waals surface area contributed by atoms with E-state index in [9.17, 15) is 4.79 Å². The molecule has 3 rings (SSSR count). The third kappa shape index (κ3) is 3.38. The molecule has 2 fully saturated rings. The van der Waals surface area contributed by atoms with Crippen molar-refractivity contribution in [3.8, 4) is 0 Å². The number of anilines is 1. The van der Waals surface area contributed by atoms with Gasteiger partial charge in [-0.05, 0) is 57.0 Å². The minimum atomic E-state index is 0.124. The van der Waals surface area contributed by atoms with Crippen LogP contribution in [0, 0.1) is 0 Å². The average Bonchev–Trinajstić information content (AvgIpc) is 2.55. The molecule has 0 spiro atoms. The number of benzene rings is 1. The molecule has 2 N–H and O–H groups in total. The van der Waals surface area contributed by atoms with Gasteiger partial charge in [0.1, 0.15) is 0 Å². The summed E-state index contributed by atoms with van der Waals surface area (Å²) in [6, 6.07) is 7.98. The smallest absolute Gasteiger partial charge is 0.253 e. The SMILES string of the molecule is Nc1cccc(C(=O)N2CCC(N3CCCCC3)CC2)c1. The Morgan fingerprint density at radius 1 is 1.05 bits per heavy atom. The Morgan fingerprint density at radius 2 is 1.76 bits per heavy atom. The van der Waals surface area contributed by atoms with Crippen molar-refractivity contribution in [2.75, 3.05) is 31.9 Å². The molecule has 2 aliphatic rings. The van der Waals surface area contributed by atoms with E-state index >= 15 is 0 Å². The van der Waals surface area contributed by atoms with Crippen LogP contribution in [0.25, 0.3) is 0 Å². The molecule has 21 heavy (non-hydrogen) atoms. The van der Waals surface area contributed by atoms with E-state index in [0.717, 1.165) is 25.9 Å². The molecule has 0 bridgehead atoms. The first kappa shape index (κ1) is 14.4. The lowest BCUT2D eigenvalue weighted by Gasteiger charge is -2.40. The molecule has 114 valence electrons. The Balaban J connectivity index is 1.56. The number of hydrogen-bond acceptors (Lipinski definition) is 3. The molecule has 1 aromatic carbocycles. The van der Waals surface area contributed by atoms with Gasteiger partial charge in [0.2, 0.25) is 0 Å². The maximum absolute atomic E-state index is 12.5. The van der Waals surface area contributed by atoms with Crippen molar-refractivity contribution in [2.45, 2.75) is 38.1 Å². The van der Waals surface area contributed by atoms with Crippen LogP contribution in [0.5, 0.6) is 0 Å². The van der Waals surface area contributed by atoms with Crippen molar-refractivity contribution < 1.29 is 4.79 Å². The molecular formula is C17H25N3O. The summed E-state index contributed by atoms with van der Waals surface area (Å²) >= 11 is 0. The highest BCUT2D eigenvalue weighted by Crippen LogP contribution is 2.22. The van der Waals surface area contributed by atoms with Crippen LogP contribution in [0.4, 0.5) is 5.69 Å². The fourth-order valence-electron chi connectivity index (χ4n) is 3.57. The van der Waals surface area contributed by atoms with Gasteiger partial charge in [-0.15, -0.1) is 0 Å². The maximum atomic E-state index is 12.5. The fourth-order valence-corrected chi connectivity index (χ4v) is 3.57. The molecule has 0 aliphatic carbocycles. The number of nitrogens with zero attached hydrogens (tertiary/aromatic N) is 2. The van der Waals surface area contributed by atoms with Crippen LogP contribution in [0.3, 0.4) is 0 Å². The lowest BCUT2D eigenvalue weighted by molar-refractivity contribution is 0.0590. The Hall–Kier alpha value is -1.55. The van der Waals surface area contributed by atoms with Crippen molar-refractivity contribution in [2.24, 2.45) is 0 Å². The van der Waals surface area contributed by atoms with Gasteiger partial charge < -0.3 is 15.5 Å². The van der Waals surface area contributed by atoms with E-state index in [1.54, 1.807) is 6.07 Å². The van der Waals surface area contributed by atoms with Gasteiger partial charge in [-0.25, -0.2) is 0 Å². The molecule has 0 aromatic heterocycles. The Labute approximate surface area is 126 Å². The maximum Gasteiger partial charge on any atom is 0.253 e. The van der Waals surface area contributed by atoms with E-state index in [-0.39, 0.29) is 5.91 Å². The van der Waals surface area contributed by atoms with Crippen LogP contribution in [-0.4, -0.2) is 47.9 Å². The van der Waals surface area contributed by atoms with Gasteiger partial charge in [0.25, 0.3) is 5.91 Å². The summed E-state index contributed by atoms with van der Waals surface area (Å²) in [5.41, 5.74) is 7.14. The highest BCUT2D eigenvalue weighted by Gasteiger charge is 2.27. The van der Waals surface area contributed by atoms with Gasteiger partial charge in [-0.3, -0.25) is 4.79 Å². The second-order valence-corrected chi connectivity index (χ2v) is 6.25. The molecule has 0 radical (unpaired) electrons. The molecule has 2 heterocycles. The number of piperidine rings is 2. The van der Waals surface area contributed by atoms with Crippen molar-refractivity contribution >= 4 is 11.6 Å². The van der Waals surface area contributed by atoms with Crippen molar-refractivity contribution in [1.82, 2.24) is 9.80 Å². The minimum Gasteiger partial charge on any atom is -0.399 e. The highest BCUT2D eigenvalue weighted by atomic mass is 16.2. The molecule has 4 heteroatoms. The molecule has 1 amide bonds. The summed E-state index contributed by atoms with van der Waals surface area (Å²) in [6.45, 7) is 4.23. The van der Waals surface area contributed by atoms with E-state index in [1.165, 1.54) is 32.4 Å². The van der Waals surface area contributed by atoms with Crippen LogP contribution in [-0.2, 0) is 0 Å². The first-order valence-electron chi connectivity index (χ1n) is 8.13. The van der Waals surface area contributed by atoms with E-state index in [2.05, 4.69) is 4.90 Å². The largest absolute Gasteiger partial charge is 0.399 e. The van der Waals surface area contributed by atoms with Crippen molar-refractivity contribution in [3.05, 3.63) is 29.8 Å². The highest BCUT2D eigenvalue weighted by molar-refractivity contribution is 5.95. The first-order chi connectivity index (χ1) is 10.2. The minimum absolute atomic E-state index is 0.124. The van der Waals surface area contributed by atoms with E-state index in [4.69, 9.17) is 5.73 Å². The topological polar surface area (TPSA) is 49.6 Å². The fraction of sp³-hybridized carbons (Fsp3) is 0.588. The van der Waals surface area contributed by atoms with E-state index in [0.29, 0.717) is 17.3 Å². The molecule has 0 saturated carbocycles. The predicted molar refractivity (Wildman–Crippen MR) is 85.2 cm³/mol. The summed E-state index contributed by atoms with van der Waals surface area (Å²) in [6.07, 6.45) is 6.26. The molecular weight excluding hydrogens is 262 g/mol. The summed E-state index contributed by atoms with van der Waals surface area (Å²) in [7, 11) is 0. The summed E-state index contributed by atoms with van der Waals surface area (Å²) in [4.78, 5) is 17.1. The molecule has 0 unspecified atom stereocenters. The summed E-state index contributed by atoms with van der Waals surface area (Å²) in [5.74, 6) is 0.124. The van der Waals surface area contributed by atoms with Gasteiger partial charge in [0.15, 0.2) is 0 Å². The number of nitrogen functional groups attached to an aromatic ring is 1. The second-order valence-electron chi connectivity index (χ2n) is 6.25. The third-order valence-corrected chi connectivity index (χ3v) is 4.79. The number of carbonyl (C=O) groups excluding carboxylic acids is 1. The molecule has 2 aliphatic heterocycles. The van der Waals surface area contributed by atoms with Crippen LogP contribution in [0.1, 0.15) is 42.5 Å². The number of hydrogen-bond donors (Lipinski definition) is 1. The summed E-state index contributed by atoms with van der Waals surface area (Å²) < 4.78 is 0. The van der Waals surface area contributed by atoms with Gasteiger partial charge in [0.05, 0.1) is 0 Å². The van der Waals surface area contributed by atoms with E-state index in [1.807, 2.05) is 23.1 Å². The Kier molecular flexibility index (Phi) is 4.44. The zero-order valence-corrected chi connectivity index (χ0v) is 12.6. The number of amides is 1. The van der Waals surface area contributed by atoms with Crippen LogP contribution >= 0.6 is 0 Å². The Bertz CT molecular complexity index is 489. The molecule has 1 aromatic rings. The zero-order chi connectivity index (χ0) is 14.7. The molecule has 2 saturated heterocycles. The predicted octanol–water partition coefficient (Wildman–Crippen LogP) is 2.36. The number of likely N-dealkylation sites (tertiary alicyclic amines) is 2. The van der Waals surface area contributed by atoms with Crippen LogP contribution < -0.4 is 5.73 Å². The summed E-state index contributed by atoms with van der Waals surface area (Å²) in [5, 5.41) is 0. The molecule has 0 atom stereocenters. The van der Waals surface area contributed by atoms with E-state index < -0.39 is 0 Å². The number of nitrogens with two attached hydrogens (primary N) is 1. The number of carbonyl (C=O) groups is 1. The first-order valence-corrected chi connectivity index (χ1v) is 8.13. The van der Waals surface area contributed by atoms with Gasteiger partial charge in [0, 0.05) is 30.4 Å². The van der Waals surface area contributed by atoms with Crippen molar-refractivity contribution in [3.63, 3.8) is 0 Å². The number of rotatable bonds is 2. The van der Waals surface area contributed by atoms with Crippen LogP contribution in [0.15, 0.2) is 24.3 Å². The Morgan fingerprint density at radius 3 is 2.43 bits per heavy atom. The standard InChI is InChI=1S/C17H25N3O/c18-15-6-4-5-14(13-15)17(21)20-11-7-16(8-12-20)19-9-2-1-3-10-19/h4-6,13,16H,1-3,7-12,18H2. The normalized spacial score (nSPS) is 21.4. The molecule has 4 nitrogen and oxygen atoms in total. The quantitative estimate of drug-likeness (QED) is 0.850.